The van der Waals surface area contributed by atoms with Gasteiger partial charge in [-0.05, 0) is 31.2 Å². The van der Waals surface area contributed by atoms with Gasteiger partial charge in [0.15, 0.2) is 6.10 Å². The van der Waals surface area contributed by atoms with Crippen molar-refractivity contribution in [1.82, 2.24) is 4.90 Å². The lowest BCUT2D eigenvalue weighted by atomic mass is 10.3. The third kappa shape index (κ3) is 3.46. The van der Waals surface area contributed by atoms with Gasteiger partial charge in [-0.15, -0.1) is 0 Å². The number of β-amino-alcohol motifs (C(OH)–C–C–N with tert-alkyl or cyclic N) is 2. The van der Waals surface area contributed by atoms with Crippen molar-refractivity contribution in [2.45, 2.75) is 25.2 Å². The number of aliphatic hydroxyl groups is 2. The summed E-state index contributed by atoms with van der Waals surface area (Å²) in [5, 5.41) is 18.9. The third-order valence-corrected chi connectivity index (χ3v) is 3.57. The molecule has 3 unspecified atom stereocenters. The smallest absolute Gasteiger partial charge is 0.263 e. The van der Waals surface area contributed by atoms with Gasteiger partial charge >= 0.3 is 0 Å². The van der Waals surface area contributed by atoms with Crippen molar-refractivity contribution in [3.63, 3.8) is 0 Å². The van der Waals surface area contributed by atoms with Crippen LogP contribution in [-0.2, 0) is 4.79 Å². The second kappa shape index (κ2) is 5.90. The van der Waals surface area contributed by atoms with Crippen LogP contribution in [0.25, 0.3) is 0 Å². The Morgan fingerprint density at radius 3 is 2.37 bits per heavy atom. The van der Waals surface area contributed by atoms with Crippen LogP contribution < -0.4 is 4.74 Å². The maximum absolute atomic E-state index is 12.1. The van der Waals surface area contributed by atoms with E-state index in [-0.39, 0.29) is 19.0 Å². The van der Waals surface area contributed by atoms with Crippen LogP contribution in [0.3, 0.4) is 0 Å². The monoisotopic (exact) mass is 329 g/mol. The number of rotatable bonds is 3. The first-order valence-corrected chi connectivity index (χ1v) is 6.84. The number of ether oxygens (including phenoxy) is 1. The lowest BCUT2D eigenvalue weighted by Gasteiger charge is -2.21. The molecule has 0 radical (unpaired) electrons. The van der Waals surface area contributed by atoms with E-state index in [1.165, 1.54) is 4.90 Å². The van der Waals surface area contributed by atoms with Crippen LogP contribution in [-0.4, -0.2) is 52.4 Å². The van der Waals surface area contributed by atoms with Crippen molar-refractivity contribution in [2.75, 3.05) is 13.1 Å². The first-order valence-electron chi connectivity index (χ1n) is 6.04. The predicted molar refractivity (Wildman–Crippen MR) is 72.8 cm³/mol. The summed E-state index contributed by atoms with van der Waals surface area (Å²) in [6.07, 6.45) is -2.40. The highest BCUT2D eigenvalue weighted by atomic mass is 79.9. The van der Waals surface area contributed by atoms with Gasteiger partial charge in [-0.3, -0.25) is 4.79 Å². The molecule has 1 amide bonds. The molecular weight excluding hydrogens is 314 g/mol. The normalized spacial score (nSPS) is 24.3. The third-order valence-electron chi connectivity index (χ3n) is 3.04. The highest BCUT2D eigenvalue weighted by Gasteiger charge is 2.34. The van der Waals surface area contributed by atoms with E-state index in [0.717, 1.165) is 4.47 Å². The van der Waals surface area contributed by atoms with Crippen LogP contribution in [0.4, 0.5) is 0 Å². The van der Waals surface area contributed by atoms with Crippen LogP contribution in [0.1, 0.15) is 6.92 Å². The van der Waals surface area contributed by atoms with E-state index in [1.807, 2.05) is 12.1 Å². The van der Waals surface area contributed by atoms with Crippen molar-refractivity contribution in [3.8, 4) is 5.75 Å². The summed E-state index contributed by atoms with van der Waals surface area (Å²) in [5.74, 6) is 0.364. The fourth-order valence-corrected chi connectivity index (χ4v) is 2.24. The largest absolute Gasteiger partial charge is 0.481 e. The molecule has 1 saturated heterocycles. The number of benzene rings is 1. The molecule has 1 aliphatic rings. The zero-order valence-corrected chi connectivity index (χ0v) is 12.1. The van der Waals surface area contributed by atoms with E-state index in [0.29, 0.717) is 5.75 Å². The fourth-order valence-electron chi connectivity index (χ4n) is 1.97. The zero-order valence-electron chi connectivity index (χ0n) is 10.5. The Balaban J connectivity index is 1.94. The number of hydrogen-bond donors (Lipinski definition) is 2. The lowest BCUT2D eigenvalue weighted by molar-refractivity contribution is -0.137. The van der Waals surface area contributed by atoms with Crippen molar-refractivity contribution in [3.05, 3.63) is 28.7 Å². The highest BCUT2D eigenvalue weighted by molar-refractivity contribution is 9.10. The van der Waals surface area contributed by atoms with E-state index in [9.17, 15) is 15.0 Å². The number of hydrogen-bond acceptors (Lipinski definition) is 4. The average molecular weight is 330 g/mol. The van der Waals surface area contributed by atoms with E-state index in [2.05, 4.69) is 15.9 Å². The Bertz CT molecular complexity index is 440. The van der Waals surface area contributed by atoms with Gasteiger partial charge in [0.2, 0.25) is 0 Å². The molecule has 1 aromatic carbocycles. The minimum atomic E-state index is -0.871. The predicted octanol–water partition coefficient (Wildman–Crippen LogP) is 0.780. The van der Waals surface area contributed by atoms with Crippen LogP contribution in [0.15, 0.2) is 28.7 Å². The molecule has 5 nitrogen and oxygen atoms in total. The Morgan fingerprint density at radius 1 is 1.32 bits per heavy atom. The molecule has 1 heterocycles. The second-order valence-electron chi connectivity index (χ2n) is 4.59. The number of carbonyl (C=O) groups excluding carboxylic acids is 1. The molecule has 19 heavy (non-hydrogen) atoms. The standard InChI is InChI=1S/C13H16BrNO4/c1-8(19-10-4-2-9(14)3-5-10)13(18)15-6-11(16)12(17)7-15/h2-5,8,11-12,16-17H,6-7H2,1H3. The Kier molecular flexibility index (Phi) is 4.44. The molecule has 0 bridgehead atoms. The summed E-state index contributed by atoms with van der Waals surface area (Å²) in [7, 11) is 0. The summed E-state index contributed by atoms with van der Waals surface area (Å²) in [5.41, 5.74) is 0. The summed E-state index contributed by atoms with van der Waals surface area (Å²) in [4.78, 5) is 13.5. The van der Waals surface area contributed by atoms with Gasteiger partial charge in [-0.2, -0.15) is 0 Å². The van der Waals surface area contributed by atoms with Crippen molar-refractivity contribution >= 4 is 21.8 Å². The lowest BCUT2D eigenvalue weighted by Crippen LogP contribution is -2.39. The van der Waals surface area contributed by atoms with Gasteiger partial charge in [0.1, 0.15) is 5.75 Å². The van der Waals surface area contributed by atoms with E-state index in [4.69, 9.17) is 4.74 Å². The summed E-state index contributed by atoms with van der Waals surface area (Å²) >= 11 is 3.32. The molecule has 0 aromatic heterocycles. The SMILES string of the molecule is CC(Oc1ccc(Br)cc1)C(=O)N1CC(O)C(O)C1. The molecule has 3 atom stereocenters. The molecule has 1 fully saturated rings. The minimum absolute atomic E-state index is 0.147. The number of amides is 1. The van der Waals surface area contributed by atoms with E-state index < -0.39 is 18.3 Å². The van der Waals surface area contributed by atoms with Crippen LogP contribution in [0.2, 0.25) is 0 Å². The van der Waals surface area contributed by atoms with E-state index in [1.54, 1.807) is 19.1 Å². The topological polar surface area (TPSA) is 70.0 Å². The maximum atomic E-state index is 12.1. The van der Waals surface area contributed by atoms with Gasteiger partial charge in [0.25, 0.3) is 5.91 Å². The number of likely N-dealkylation sites (tertiary alicyclic amines) is 1. The highest BCUT2D eigenvalue weighted by Crippen LogP contribution is 2.19. The van der Waals surface area contributed by atoms with Gasteiger partial charge in [-0.1, -0.05) is 15.9 Å². The molecule has 6 heteroatoms. The summed E-state index contributed by atoms with van der Waals surface area (Å²) in [6, 6.07) is 7.19. The summed E-state index contributed by atoms with van der Waals surface area (Å²) in [6.45, 7) is 1.95. The van der Waals surface area contributed by atoms with Crippen molar-refractivity contribution < 1.29 is 19.7 Å². The molecule has 0 spiro atoms. The number of aliphatic hydroxyl groups excluding tert-OH is 2. The Hall–Kier alpha value is -1.11. The van der Waals surface area contributed by atoms with Gasteiger partial charge in [-0.25, -0.2) is 0 Å². The minimum Gasteiger partial charge on any atom is -0.481 e. The molecular formula is C13H16BrNO4. The Labute approximate surface area is 119 Å². The Morgan fingerprint density at radius 2 is 1.84 bits per heavy atom. The van der Waals surface area contributed by atoms with Crippen LogP contribution >= 0.6 is 15.9 Å². The number of carbonyl (C=O) groups is 1. The first kappa shape index (κ1) is 14.3. The molecule has 104 valence electrons. The van der Waals surface area contributed by atoms with Crippen molar-refractivity contribution in [1.29, 1.82) is 0 Å². The first-order chi connectivity index (χ1) is 8.97. The molecule has 2 N–H and O–H groups in total. The zero-order chi connectivity index (χ0) is 14.0. The molecule has 0 saturated carbocycles. The molecule has 1 aromatic rings. The quantitative estimate of drug-likeness (QED) is 0.859. The molecule has 0 aliphatic carbocycles. The number of halogens is 1. The maximum Gasteiger partial charge on any atom is 0.263 e. The molecule has 1 aliphatic heterocycles. The van der Waals surface area contributed by atoms with E-state index >= 15 is 0 Å². The average Bonchev–Trinajstić information content (AvgIpc) is 2.71. The molecule has 2 rings (SSSR count). The number of nitrogens with zero attached hydrogens (tertiary/aromatic N) is 1. The summed E-state index contributed by atoms with van der Waals surface area (Å²) < 4.78 is 6.47. The van der Waals surface area contributed by atoms with Gasteiger partial charge in [0.05, 0.1) is 12.2 Å². The van der Waals surface area contributed by atoms with Gasteiger partial charge in [0, 0.05) is 17.6 Å². The van der Waals surface area contributed by atoms with Gasteiger partial charge < -0.3 is 19.8 Å². The second-order valence-corrected chi connectivity index (χ2v) is 5.51. The van der Waals surface area contributed by atoms with Crippen LogP contribution in [0, 0.1) is 0 Å². The van der Waals surface area contributed by atoms with Crippen molar-refractivity contribution in [2.24, 2.45) is 0 Å². The fraction of sp³-hybridized carbons (Fsp3) is 0.462. The van der Waals surface area contributed by atoms with Crippen LogP contribution in [0.5, 0.6) is 5.75 Å².